The number of hydrogen-bond donors (Lipinski definition) is 0. The lowest BCUT2D eigenvalue weighted by molar-refractivity contribution is 0.148. The maximum Gasteiger partial charge on any atom is 0.268 e. The minimum absolute atomic E-state index is 0.299. The molecule has 0 aliphatic carbocycles. The Hall–Kier alpha value is -4.00. The van der Waals surface area contributed by atoms with Crippen LogP contribution in [0.5, 0.6) is 0 Å². The highest BCUT2D eigenvalue weighted by Crippen LogP contribution is 2.27. The molecule has 0 unspecified atom stereocenters. The summed E-state index contributed by atoms with van der Waals surface area (Å²) in [6.07, 6.45) is 4.94. The van der Waals surface area contributed by atoms with Crippen molar-refractivity contribution in [3.63, 3.8) is 0 Å². The van der Waals surface area contributed by atoms with E-state index in [2.05, 4.69) is 60.2 Å². The van der Waals surface area contributed by atoms with Gasteiger partial charge in [-0.3, -0.25) is 14.9 Å². The Bertz CT molecular complexity index is 1380. The lowest BCUT2D eigenvalue weighted by Gasteiger charge is -2.32. The third-order valence-electron chi connectivity index (χ3n) is 6.46. The van der Waals surface area contributed by atoms with Gasteiger partial charge in [0, 0.05) is 50.0 Å². The first kappa shape index (κ1) is 23.7. The van der Waals surface area contributed by atoms with Crippen LogP contribution in [0.25, 0.3) is 34.3 Å². The second kappa shape index (κ2) is 9.93. The first-order chi connectivity index (χ1) is 17.4. The van der Waals surface area contributed by atoms with Crippen molar-refractivity contribution in [2.45, 2.75) is 25.8 Å². The maximum absolute atomic E-state index is 9.45. The van der Waals surface area contributed by atoms with E-state index in [4.69, 9.17) is 4.42 Å². The average molecular weight is 481 g/mol. The van der Waals surface area contributed by atoms with E-state index < -0.39 is 5.41 Å². The summed E-state index contributed by atoms with van der Waals surface area (Å²) in [5.74, 6) is 0.734. The van der Waals surface area contributed by atoms with Crippen molar-refractivity contribution in [2.75, 3.05) is 33.2 Å². The van der Waals surface area contributed by atoms with Crippen LogP contribution in [0.15, 0.2) is 59.4 Å². The zero-order chi connectivity index (χ0) is 25.1. The topological polar surface area (TPSA) is 108 Å². The Balaban J connectivity index is 1.32. The molecule has 0 atom stereocenters. The van der Waals surface area contributed by atoms with Crippen LogP contribution < -0.4 is 0 Å². The number of aromatic nitrogens is 5. The Morgan fingerprint density at radius 1 is 0.944 bits per heavy atom. The third kappa shape index (κ3) is 5.15. The highest BCUT2D eigenvalue weighted by Gasteiger charge is 2.22. The molecule has 1 saturated heterocycles. The van der Waals surface area contributed by atoms with Gasteiger partial charge in [-0.25, -0.2) is 4.98 Å². The second-order valence-corrected chi connectivity index (χ2v) is 9.64. The van der Waals surface area contributed by atoms with E-state index in [0.29, 0.717) is 28.9 Å². The van der Waals surface area contributed by atoms with Gasteiger partial charge in [0.05, 0.1) is 35.3 Å². The number of pyridine rings is 1. The smallest absolute Gasteiger partial charge is 0.268 e. The van der Waals surface area contributed by atoms with Gasteiger partial charge in [-0.2, -0.15) is 5.26 Å². The van der Waals surface area contributed by atoms with E-state index in [1.807, 2.05) is 38.1 Å². The molecule has 36 heavy (non-hydrogen) atoms. The SMILES string of the molecule is CN1CCN(Cc2ccc(-c3nnc(-c4cncc(-c5ccnc(C(C)(C)C#N)c5)n4)o3)cc2)CC1. The fourth-order valence-corrected chi connectivity index (χ4v) is 4.06. The van der Waals surface area contributed by atoms with E-state index in [9.17, 15) is 5.26 Å². The fourth-order valence-electron chi connectivity index (χ4n) is 4.06. The van der Waals surface area contributed by atoms with Crippen LogP contribution in [0.1, 0.15) is 25.1 Å². The van der Waals surface area contributed by atoms with Crippen LogP contribution in [0.4, 0.5) is 0 Å². The Morgan fingerprint density at radius 2 is 1.67 bits per heavy atom. The Labute approximate surface area is 210 Å². The van der Waals surface area contributed by atoms with E-state index in [-0.39, 0.29) is 0 Å². The van der Waals surface area contributed by atoms with E-state index in [0.717, 1.165) is 43.9 Å². The summed E-state index contributed by atoms with van der Waals surface area (Å²) < 4.78 is 5.95. The number of hydrogen-bond acceptors (Lipinski definition) is 9. The summed E-state index contributed by atoms with van der Waals surface area (Å²) in [4.78, 5) is 18.2. The molecule has 0 saturated carbocycles. The number of benzene rings is 1. The lowest BCUT2D eigenvalue weighted by atomic mass is 9.90. The van der Waals surface area contributed by atoms with Gasteiger partial charge in [-0.15, -0.1) is 10.2 Å². The molecule has 3 aromatic heterocycles. The molecular formula is C27H28N8O. The minimum atomic E-state index is -0.706. The Morgan fingerprint density at radius 3 is 2.42 bits per heavy atom. The summed E-state index contributed by atoms with van der Waals surface area (Å²) in [6.45, 7) is 8.98. The van der Waals surface area contributed by atoms with Gasteiger partial charge in [-0.05, 0) is 50.7 Å². The molecular weight excluding hydrogens is 452 g/mol. The highest BCUT2D eigenvalue weighted by molar-refractivity contribution is 5.62. The van der Waals surface area contributed by atoms with E-state index in [1.165, 1.54) is 5.56 Å². The molecule has 1 fully saturated rings. The fraction of sp³-hybridized carbons (Fsp3) is 0.333. The summed E-state index contributed by atoms with van der Waals surface area (Å²) in [7, 11) is 2.17. The summed E-state index contributed by atoms with van der Waals surface area (Å²) in [5.41, 5.74) is 4.02. The van der Waals surface area contributed by atoms with Crippen molar-refractivity contribution >= 4 is 0 Å². The molecule has 0 radical (unpaired) electrons. The van der Waals surface area contributed by atoms with Gasteiger partial charge in [0.1, 0.15) is 5.69 Å². The highest BCUT2D eigenvalue weighted by atomic mass is 16.4. The third-order valence-corrected chi connectivity index (χ3v) is 6.46. The van der Waals surface area contributed by atoms with Gasteiger partial charge >= 0.3 is 0 Å². The van der Waals surface area contributed by atoms with Crippen LogP contribution in [-0.2, 0) is 12.0 Å². The molecule has 1 aliphatic heterocycles. The molecule has 1 aromatic carbocycles. The molecule has 4 aromatic rings. The quantitative estimate of drug-likeness (QED) is 0.407. The average Bonchev–Trinajstić information content (AvgIpc) is 3.41. The van der Waals surface area contributed by atoms with Gasteiger partial charge in [0.25, 0.3) is 5.89 Å². The van der Waals surface area contributed by atoms with Crippen molar-refractivity contribution in [1.82, 2.24) is 34.9 Å². The second-order valence-electron chi connectivity index (χ2n) is 9.64. The predicted molar refractivity (Wildman–Crippen MR) is 135 cm³/mol. The largest absolute Gasteiger partial charge is 0.415 e. The zero-order valence-electron chi connectivity index (χ0n) is 20.7. The van der Waals surface area contributed by atoms with Crippen molar-refractivity contribution < 1.29 is 4.42 Å². The van der Waals surface area contributed by atoms with Crippen LogP contribution in [0.3, 0.4) is 0 Å². The number of rotatable bonds is 6. The molecule has 0 spiro atoms. The van der Waals surface area contributed by atoms with Gasteiger partial charge < -0.3 is 9.32 Å². The van der Waals surface area contributed by atoms with Gasteiger partial charge in [-0.1, -0.05) is 12.1 Å². The van der Waals surface area contributed by atoms with Crippen molar-refractivity contribution in [1.29, 1.82) is 5.26 Å². The van der Waals surface area contributed by atoms with Crippen molar-refractivity contribution in [3.8, 4) is 40.4 Å². The van der Waals surface area contributed by atoms with Crippen LogP contribution >= 0.6 is 0 Å². The molecule has 5 rings (SSSR count). The summed E-state index contributed by atoms with van der Waals surface area (Å²) >= 11 is 0. The number of piperazine rings is 1. The molecule has 0 amide bonds. The molecule has 182 valence electrons. The molecule has 0 N–H and O–H groups in total. The summed E-state index contributed by atoms with van der Waals surface area (Å²) in [5, 5.41) is 17.9. The van der Waals surface area contributed by atoms with E-state index >= 15 is 0 Å². The van der Waals surface area contributed by atoms with Crippen LogP contribution in [0, 0.1) is 11.3 Å². The molecule has 0 bridgehead atoms. The first-order valence-electron chi connectivity index (χ1n) is 12.0. The Kier molecular flexibility index (Phi) is 6.55. The summed E-state index contributed by atoms with van der Waals surface area (Å²) in [6, 6.07) is 14.2. The molecule has 1 aliphatic rings. The number of nitriles is 1. The predicted octanol–water partition coefficient (Wildman–Crippen LogP) is 3.80. The van der Waals surface area contributed by atoms with Crippen LogP contribution in [-0.4, -0.2) is 68.2 Å². The number of likely N-dealkylation sites (N-methyl/N-ethyl adjacent to an activating group) is 1. The first-order valence-corrected chi connectivity index (χ1v) is 12.0. The molecule has 9 nitrogen and oxygen atoms in total. The number of nitrogens with zero attached hydrogens (tertiary/aromatic N) is 8. The normalized spacial score (nSPS) is 15.1. The minimum Gasteiger partial charge on any atom is -0.415 e. The maximum atomic E-state index is 9.45. The lowest BCUT2D eigenvalue weighted by Crippen LogP contribution is -2.43. The standard InChI is InChI=1S/C27H28N8O/c1-27(2,18-28)24-14-21(8-9-30-24)22-15-29-16-23(31-22)26-33-32-25(36-26)20-6-4-19(5-7-20)17-35-12-10-34(3)11-13-35/h4-9,14-16H,10-13,17H2,1-3H3. The van der Waals surface area contributed by atoms with Crippen molar-refractivity contribution in [2.24, 2.45) is 0 Å². The van der Waals surface area contributed by atoms with Crippen molar-refractivity contribution in [3.05, 3.63) is 66.2 Å². The van der Waals surface area contributed by atoms with E-state index in [1.54, 1.807) is 18.6 Å². The zero-order valence-corrected chi connectivity index (χ0v) is 20.7. The van der Waals surface area contributed by atoms with Gasteiger partial charge in [0.15, 0.2) is 0 Å². The van der Waals surface area contributed by atoms with Crippen LogP contribution in [0.2, 0.25) is 0 Å². The monoisotopic (exact) mass is 480 g/mol. The van der Waals surface area contributed by atoms with Gasteiger partial charge in [0.2, 0.25) is 5.89 Å². The molecule has 4 heterocycles. The molecule has 9 heteroatoms.